The molecule has 1 aliphatic rings. The van der Waals surface area contributed by atoms with Crippen molar-refractivity contribution < 1.29 is 9.90 Å². The van der Waals surface area contributed by atoms with Crippen LogP contribution >= 0.6 is 0 Å². The molecule has 0 saturated heterocycles. The van der Waals surface area contributed by atoms with Crippen molar-refractivity contribution in [2.45, 2.75) is 31.3 Å². The first kappa shape index (κ1) is 11.1. The van der Waals surface area contributed by atoms with E-state index in [0.29, 0.717) is 12.8 Å². The van der Waals surface area contributed by atoms with Gasteiger partial charge < -0.3 is 10.8 Å². The van der Waals surface area contributed by atoms with E-state index in [0.717, 1.165) is 18.4 Å². The number of carbonyl (C=O) groups is 1. The van der Waals surface area contributed by atoms with E-state index in [-0.39, 0.29) is 0 Å². The van der Waals surface area contributed by atoms with Crippen LogP contribution < -0.4 is 5.73 Å². The second-order valence-corrected chi connectivity index (χ2v) is 4.49. The predicted molar refractivity (Wildman–Crippen MR) is 61.5 cm³/mol. The van der Waals surface area contributed by atoms with Gasteiger partial charge in [-0.3, -0.25) is 4.79 Å². The molecule has 0 radical (unpaired) electrons. The van der Waals surface area contributed by atoms with Crippen molar-refractivity contribution in [3.05, 3.63) is 35.9 Å². The van der Waals surface area contributed by atoms with Crippen molar-refractivity contribution in [3.63, 3.8) is 0 Å². The SMILES string of the molecule is NC(=O)C1CCCCC1(O)c1ccccc1. The second-order valence-electron chi connectivity index (χ2n) is 4.49. The average molecular weight is 219 g/mol. The van der Waals surface area contributed by atoms with Crippen LogP contribution in [-0.2, 0) is 10.4 Å². The molecule has 1 amide bonds. The van der Waals surface area contributed by atoms with E-state index in [9.17, 15) is 9.90 Å². The Balaban J connectivity index is 2.37. The molecule has 1 aromatic rings. The van der Waals surface area contributed by atoms with Crippen LogP contribution in [0.5, 0.6) is 0 Å². The molecule has 2 atom stereocenters. The fourth-order valence-corrected chi connectivity index (χ4v) is 2.61. The van der Waals surface area contributed by atoms with Crippen LogP contribution in [0.3, 0.4) is 0 Å². The van der Waals surface area contributed by atoms with Gasteiger partial charge >= 0.3 is 0 Å². The molecule has 86 valence electrons. The molecular weight excluding hydrogens is 202 g/mol. The van der Waals surface area contributed by atoms with E-state index in [1.165, 1.54) is 0 Å². The molecule has 3 nitrogen and oxygen atoms in total. The lowest BCUT2D eigenvalue weighted by atomic mass is 9.71. The first-order valence-electron chi connectivity index (χ1n) is 5.72. The number of benzene rings is 1. The van der Waals surface area contributed by atoms with Gasteiger partial charge in [0.25, 0.3) is 0 Å². The Morgan fingerprint density at radius 1 is 1.31 bits per heavy atom. The van der Waals surface area contributed by atoms with Crippen molar-refractivity contribution in [1.82, 2.24) is 0 Å². The van der Waals surface area contributed by atoms with Gasteiger partial charge in [0.1, 0.15) is 5.60 Å². The zero-order chi connectivity index (χ0) is 11.6. The van der Waals surface area contributed by atoms with Crippen molar-refractivity contribution >= 4 is 5.91 Å². The van der Waals surface area contributed by atoms with Crippen LogP contribution in [0.25, 0.3) is 0 Å². The van der Waals surface area contributed by atoms with Gasteiger partial charge in [-0.1, -0.05) is 43.2 Å². The number of amides is 1. The minimum absolute atomic E-state index is 0.397. The maximum atomic E-state index is 11.4. The number of hydrogen-bond donors (Lipinski definition) is 2. The van der Waals surface area contributed by atoms with Crippen LogP contribution in [0, 0.1) is 5.92 Å². The highest BCUT2D eigenvalue weighted by Gasteiger charge is 2.43. The van der Waals surface area contributed by atoms with E-state index >= 15 is 0 Å². The Bertz CT molecular complexity index is 377. The van der Waals surface area contributed by atoms with Gasteiger partial charge in [-0.15, -0.1) is 0 Å². The highest BCUT2D eigenvalue weighted by molar-refractivity contribution is 5.78. The summed E-state index contributed by atoms with van der Waals surface area (Å²) < 4.78 is 0. The van der Waals surface area contributed by atoms with Gasteiger partial charge in [0.15, 0.2) is 0 Å². The monoisotopic (exact) mass is 219 g/mol. The Morgan fingerprint density at radius 3 is 2.62 bits per heavy atom. The van der Waals surface area contributed by atoms with Crippen LogP contribution in [0.1, 0.15) is 31.2 Å². The third-order valence-electron chi connectivity index (χ3n) is 3.49. The van der Waals surface area contributed by atoms with Crippen LogP contribution in [0.4, 0.5) is 0 Å². The van der Waals surface area contributed by atoms with Crippen LogP contribution in [-0.4, -0.2) is 11.0 Å². The lowest BCUT2D eigenvalue weighted by Gasteiger charge is -2.38. The molecule has 2 unspecified atom stereocenters. The Kier molecular flexibility index (Phi) is 2.97. The standard InChI is InChI=1S/C13H17NO2/c14-12(15)11-8-4-5-9-13(11,16)10-6-2-1-3-7-10/h1-3,6-7,11,16H,4-5,8-9H2,(H2,14,15). The molecule has 0 spiro atoms. The fraction of sp³-hybridized carbons (Fsp3) is 0.462. The van der Waals surface area contributed by atoms with E-state index in [1.54, 1.807) is 0 Å². The maximum Gasteiger partial charge on any atom is 0.223 e. The van der Waals surface area contributed by atoms with Crippen LogP contribution in [0.15, 0.2) is 30.3 Å². The van der Waals surface area contributed by atoms with Gasteiger partial charge in [0.05, 0.1) is 5.92 Å². The third kappa shape index (κ3) is 1.83. The van der Waals surface area contributed by atoms with Crippen molar-refractivity contribution in [1.29, 1.82) is 0 Å². The summed E-state index contributed by atoms with van der Waals surface area (Å²) in [5.41, 5.74) is 5.12. The number of aliphatic hydroxyl groups is 1. The zero-order valence-corrected chi connectivity index (χ0v) is 9.23. The summed E-state index contributed by atoms with van der Waals surface area (Å²) in [6, 6.07) is 9.37. The van der Waals surface area contributed by atoms with Gasteiger partial charge in [0, 0.05) is 0 Å². The van der Waals surface area contributed by atoms with Crippen molar-refractivity contribution in [2.75, 3.05) is 0 Å². The molecule has 0 heterocycles. The number of carbonyl (C=O) groups excluding carboxylic acids is 1. The van der Waals surface area contributed by atoms with Gasteiger partial charge in [-0.05, 0) is 18.4 Å². The number of nitrogens with two attached hydrogens (primary N) is 1. The summed E-state index contributed by atoms with van der Waals surface area (Å²) in [7, 11) is 0. The third-order valence-corrected chi connectivity index (χ3v) is 3.49. The molecule has 3 heteroatoms. The molecule has 0 aliphatic heterocycles. The molecule has 1 aliphatic carbocycles. The largest absolute Gasteiger partial charge is 0.384 e. The minimum Gasteiger partial charge on any atom is -0.384 e. The Labute approximate surface area is 95.3 Å². The molecule has 0 bridgehead atoms. The normalized spacial score (nSPS) is 29.9. The predicted octanol–water partition coefficient (Wildman–Crippen LogP) is 1.55. The molecule has 3 N–H and O–H groups in total. The molecule has 1 aromatic carbocycles. The minimum atomic E-state index is -1.06. The second kappa shape index (κ2) is 4.26. The lowest BCUT2D eigenvalue weighted by Crippen LogP contribution is -2.45. The summed E-state index contributed by atoms with van der Waals surface area (Å²) >= 11 is 0. The quantitative estimate of drug-likeness (QED) is 0.792. The number of hydrogen-bond acceptors (Lipinski definition) is 2. The van der Waals surface area contributed by atoms with Gasteiger partial charge in [0.2, 0.25) is 5.91 Å². The fourth-order valence-electron chi connectivity index (χ4n) is 2.61. The van der Waals surface area contributed by atoms with E-state index < -0.39 is 17.4 Å². The molecule has 2 rings (SSSR count). The summed E-state index contributed by atoms with van der Waals surface area (Å²) in [4.78, 5) is 11.4. The number of primary amides is 1. The first-order valence-corrected chi connectivity index (χ1v) is 5.72. The van der Waals surface area contributed by atoms with Crippen molar-refractivity contribution in [3.8, 4) is 0 Å². The molecule has 16 heavy (non-hydrogen) atoms. The lowest BCUT2D eigenvalue weighted by molar-refractivity contribution is -0.136. The molecular formula is C13H17NO2. The summed E-state index contributed by atoms with van der Waals surface area (Å²) in [5, 5.41) is 10.7. The highest BCUT2D eigenvalue weighted by Crippen LogP contribution is 2.41. The smallest absolute Gasteiger partial charge is 0.223 e. The maximum absolute atomic E-state index is 11.4. The Morgan fingerprint density at radius 2 is 2.00 bits per heavy atom. The zero-order valence-electron chi connectivity index (χ0n) is 9.23. The first-order chi connectivity index (χ1) is 7.64. The summed E-state index contributed by atoms with van der Waals surface area (Å²) in [5.74, 6) is -0.852. The summed E-state index contributed by atoms with van der Waals surface area (Å²) in [6.07, 6.45) is 3.20. The van der Waals surface area contributed by atoms with Gasteiger partial charge in [-0.2, -0.15) is 0 Å². The van der Waals surface area contributed by atoms with E-state index in [1.807, 2.05) is 30.3 Å². The topological polar surface area (TPSA) is 63.3 Å². The molecule has 1 fully saturated rings. The number of rotatable bonds is 2. The Hall–Kier alpha value is -1.35. The summed E-state index contributed by atoms with van der Waals surface area (Å²) in [6.45, 7) is 0. The molecule has 1 saturated carbocycles. The highest BCUT2D eigenvalue weighted by atomic mass is 16.3. The van der Waals surface area contributed by atoms with E-state index in [2.05, 4.69) is 0 Å². The van der Waals surface area contributed by atoms with Gasteiger partial charge in [-0.25, -0.2) is 0 Å². The van der Waals surface area contributed by atoms with E-state index in [4.69, 9.17) is 5.73 Å². The van der Waals surface area contributed by atoms with Crippen LogP contribution in [0.2, 0.25) is 0 Å². The van der Waals surface area contributed by atoms with Crippen molar-refractivity contribution in [2.24, 2.45) is 11.7 Å². The molecule has 0 aromatic heterocycles. The average Bonchev–Trinajstić information content (AvgIpc) is 2.30.